The average molecular weight is 335 g/mol. The van der Waals surface area contributed by atoms with E-state index in [2.05, 4.69) is 25.9 Å². The largest absolute Gasteiger partial charge is 0.328 e. The van der Waals surface area contributed by atoms with Gasteiger partial charge in [0.15, 0.2) is 0 Å². The molecule has 2 nitrogen and oxygen atoms in total. The third-order valence-electron chi connectivity index (χ3n) is 1.68. The quantitative estimate of drug-likeness (QED) is 0.536. The molecule has 0 saturated heterocycles. The molecule has 0 bridgehead atoms. The van der Waals surface area contributed by atoms with E-state index in [0.717, 1.165) is 0 Å². The second kappa shape index (κ2) is 3.72. The van der Waals surface area contributed by atoms with E-state index in [9.17, 15) is 0 Å². The van der Waals surface area contributed by atoms with Crippen molar-refractivity contribution in [3.05, 3.63) is 24.8 Å². The van der Waals surface area contributed by atoms with Crippen LogP contribution in [-0.2, 0) is 0 Å². The van der Waals surface area contributed by atoms with Gasteiger partial charge < -0.3 is 4.98 Å². The number of H-pyrrole nitrogens is 1. The van der Waals surface area contributed by atoms with Crippen molar-refractivity contribution in [1.82, 2.24) is 9.97 Å². The molecule has 2 rings (SSSR count). The molecule has 1 heterocycles. The highest BCUT2D eigenvalue weighted by atomic mass is 79.9. The van der Waals surface area contributed by atoms with Crippen molar-refractivity contribution < 1.29 is 0 Å². The number of nitrogens with one attached hydrogen (secondary N) is 1. The molecule has 1 N–H and O–H groups in total. The van der Waals surface area contributed by atoms with Crippen LogP contribution in [0.1, 0.15) is 0 Å². The Balaban J connectivity index is 3.01. The molecule has 2 aromatic rings. The summed E-state index contributed by atoms with van der Waals surface area (Å²) in [7, 11) is 0. The predicted octanol–water partition coefficient (Wildman–Crippen LogP) is 4.94. The fraction of sp³-hybridized carbons (Fsp3) is 0. The van der Waals surface area contributed by atoms with E-state index in [1.54, 1.807) is 0 Å². The van der Waals surface area contributed by atoms with Crippen LogP contribution in [0.5, 0.6) is 0 Å². The van der Waals surface area contributed by atoms with Crippen molar-refractivity contribution in [2.75, 3.05) is 0 Å². The Morgan fingerprint density at radius 3 is 2.29 bits per heavy atom. The first-order valence-electron chi connectivity index (χ1n) is 3.39. The van der Waals surface area contributed by atoms with Crippen LogP contribution in [0.25, 0.3) is 11.0 Å². The smallest absolute Gasteiger partial charge is 0.201 e. The van der Waals surface area contributed by atoms with Gasteiger partial charge in [-0.25, -0.2) is 4.98 Å². The second-order valence-electron chi connectivity index (χ2n) is 2.51. The number of nitrogens with zero attached hydrogens (tertiary/aromatic N) is 1. The van der Waals surface area contributed by atoms with Gasteiger partial charge in [-0.1, -0.05) is 34.8 Å². The fourth-order valence-electron chi connectivity index (χ4n) is 1.07. The highest BCUT2D eigenvalue weighted by Gasteiger charge is 2.17. The van der Waals surface area contributed by atoms with Crippen LogP contribution in [0.15, 0.2) is 4.47 Å². The lowest BCUT2D eigenvalue weighted by Gasteiger charge is -2.02. The van der Waals surface area contributed by atoms with Gasteiger partial charge in [0.2, 0.25) is 5.28 Å². The number of hydrogen-bond donors (Lipinski definition) is 1. The Bertz CT molecular complexity index is 477. The Hall–Kier alpha value is 0.330. The summed E-state index contributed by atoms with van der Waals surface area (Å²) in [5.74, 6) is 0. The van der Waals surface area contributed by atoms with Crippen molar-refractivity contribution in [3.8, 4) is 0 Å². The number of hydrogen-bond acceptors (Lipinski definition) is 1. The zero-order valence-electron chi connectivity index (χ0n) is 6.34. The number of aromatic amines is 1. The van der Waals surface area contributed by atoms with Gasteiger partial charge >= 0.3 is 0 Å². The van der Waals surface area contributed by atoms with E-state index in [1.807, 2.05) is 0 Å². The van der Waals surface area contributed by atoms with Crippen LogP contribution in [0.3, 0.4) is 0 Å². The first kappa shape index (κ1) is 10.8. The Morgan fingerprint density at radius 1 is 1.00 bits per heavy atom. The van der Waals surface area contributed by atoms with E-state index in [-0.39, 0.29) is 15.3 Å². The number of fused-ring (bicyclic) bond motifs is 1. The molecule has 1 aromatic carbocycles. The van der Waals surface area contributed by atoms with E-state index >= 15 is 0 Å². The maximum atomic E-state index is 5.94. The van der Waals surface area contributed by atoms with Crippen LogP contribution in [0, 0.1) is 0 Å². The van der Waals surface area contributed by atoms with Gasteiger partial charge in [-0.15, -0.1) is 0 Å². The molecular weight excluding hydrogens is 334 g/mol. The van der Waals surface area contributed by atoms with Gasteiger partial charge in [0.1, 0.15) is 5.52 Å². The minimum Gasteiger partial charge on any atom is -0.328 e. The predicted molar refractivity (Wildman–Crippen MR) is 63.8 cm³/mol. The average Bonchev–Trinajstić information content (AvgIpc) is 2.54. The first-order chi connectivity index (χ1) is 6.52. The van der Waals surface area contributed by atoms with Crippen molar-refractivity contribution in [2.45, 2.75) is 0 Å². The van der Waals surface area contributed by atoms with E-state index in [1.165, 1.54) is 0 Å². The molecule has 0 spiro atoms. The minimum atomic E-state index is 0.237. The third kappa shape index (κ3) is 1.51. The summed E-state index contributed by atoms with van der Waals surface area (Å²) in [5.41, 5.74) is 1.13. The molecule has 0 aliphatic carbocycles. The van der Waals surface area contributed by atoms with Gasteiger partial charge in [-0.3, -0.25) is 0 Å². The molecular formula is C7HBrCl4N2. The molecule has 14 heavy (non-hydrogen) atoms. The van der Waals surface area contributed by atoms with Gasteiger partial charge in [0.25, 0.3) is 0 Å². The molecule has 0 radical (unpaired) electrons. The van der Waals surface area contributed by atoms with Gasteiger partial charge in [-0.05, 0) is 27.5 Å². The zero-order valence-corrected chi connectivity index (χ0v) is 10.9. The molecule has 0 saturated carbocycles. The molecule has 0 atom stereocenters. The van der Waals surface area contributed by atoms with Crippen LogP contribution in [-0.4, -0.2) is 9.97 Å². The van der Waals surface area contributed by atoms with Crippen molar-refractivity contribution in [1.29, 1.82) is 0 Å². The molecule has 1 aromatic heterocycles. The fourth-order valence-corrected chi connectivity index (χ4v) is 2.50. The summed E-state index contributed by atoms with van der Waals surface area (Å²) in [6.07, 6.45) is 0. The summed E-state index contributed by atoms with van der Waals surface area (Å²) in [6.45, 7) is 0. The molecule has 74 valence electrons. The zero-order chi connectivity index (χ0) is 10.5. The van der Waals surface area contributed by atoms with Crippen molar-refractivity contribution in [3.63, 3.8) is 0 Å². The normalized spacial score (nSPS) is 11.2. The number of aromatic nitrogens is 2. The van der Waals surface area contributed by atoms with Crippen LogP contribution in [0.2, 0.25) is 20.4 Å². The summed E-state index contributed by atoms with van der Waals surface area (Å²) >= 11 is 26.7. The lowest BCUT2D eigenvalue weighted by Crippen LogP contribution is -1.79. The van der Waals surface area contributed by atoms with E-state index in [0.29, 0.717) is 20.5 Å². The SMILES string of the molecule is Clc1nc2c(Cl)c(Cl)c(Cl)c(Br)c2[nH]1. The lowest BCUT2D eigenvalue weighted by atomic mass is 10.3. The van der Waals surface area contributed by atoms with Gasteiger partial charge in [0, 0.05) is 0 Å². The maximum absolute atomic E-state index is 5.94. The minimum absolute atomic E-state index is 0.237. The molecule has 0 fully saturated rings. The van der Waals surface area contributed by atoms with Gasteiger partial charge in [-0.2, -0.15) is 0 Å². The molecule has 7 heteroatoms. The Kier molecular flexibility index (Phi) is 2.88. The summed E-state index contributed by atoms with van der Waals surface area (Å²) < 4.78 is 0.600. The van der Waals surface area contributed by atoms with E-state index in [4.69, 9.17) is 46.4 Å². The Morgan fingerprint density at radius 2 is 1.64 bits per heavy atom. The third-order valence-corrected chi connectivity index (χ3v) is 4.20. The first-order valence-corrected chi connectivity index (χ1v) is 5.70. The monoisotopic (exact) mass is 332 g/mol. The van der Waals surface area contributed by atoms with E-state index < -0.39 is 0 Å². The molecule has 0 unspecified atom stereocenters. The molecule has 0 aliphatic heterocycles. The van der Waals surface area contributed by atoms with Crippen molar-refractivity contribution >= 4 is 73.4 Å². The van der Waals surface area contributed by atoms with Gasteiger partial charge in [0.05, 0.1) is 25.1 Å². The van der Waals surface area contributed by atoms with Crippen LogP contribution >= 0.6 is 62.3 Å². The number of imidazole rings is 1. The van der Waals surface area contributed by atoms with Crippen molar-refractivity contribution in [2.24, 2.45) is 0 Å². The number of benzene rings is 1. The summed E-state index contributed by atoms with van der Waals surface area (Å²) in [5, 5.41) is 1.12. The topological polar surface area (TPSA) is 28.7 Å². The standard InChI is InChI=1S/C7HBrCl4N2/c8-1-2(9)3(10)4(11)6-5(1)13-7(12)14-6/h(H,13,14). The summed E-state index contributed by atoms with van der Waals surface area (Å²) in [4.78, 5) is 6.80. The molecule has 0 amide bonds. The lowest BCUT2D eigenvalue weighted by molar-refractivity contribution is 1.34. The molecule has 0 aliphatic rings. The number of halogens is 5. The highest BCUT2D eigenvalue weighted by Crippen LogP contribution is 2.42. The summed E-state index contributed by atoms with van der Waals surface area (Å²) in [6, 6.07) is 0. The number of rotatable bonds is 0. The maximum Gasteiger partial charge on any atom is 0.201 e. The second-order valence-corrected chi connectivity index (χ2v) is 4.79. The van der Waals surface area contributed by atoms with Crippen LogP contribution in [0.4, 0.5) is 0 Å². The Labute approximate surface area is 108 Å². The van der Waals surface area contributed by atoms with Crippen LogP contribution < -0.4 is 0 Å². The highest BCUT2D eigenvalue weighted by molar-refractivity contribution is 9.10.